The van der Waals surface area contributed by atoms with Crippen molar-refractivity contribution in [3.05, 3.63) is 41.5 Å². The van der Waals surface area contributed by atoms with Crippen LogP contribution in [0.3, 0.4) is 0 Å². The normalized spacial score (nSPS) is 33.2. The molecule has 2 atom stereocenters. The van der Waals surface area contributed by atoms with Gasteiger partial charge in [-0.25, -0.2) is 4.39 Å². The molecular weight excluding hydrogens is 402 g/mol. The van der Waals surface area contributed by atoms with Crippen LogP contribution in [0.25, 0.3) is 0 Å². The molecule has 3 aliphatic carbocycles. The molecule has 178 valence electrons. The zero-order valence-corrected chi connectivity index (χ0v) is 20.1. The van der Waals surface area contributed by atoms with Crippen LogP contribution in [0, 0.1) is 41.2 Å². The lowest BCUT2D eigenvalue weighted by atomic mass is 9.68. The average molecular weight is 445 g/mol. The zero-order chi connectivity index (χ0) is 22.5. The number of halogens is 2. The van der Waals surface area contributed by atoms with E-state index in [1.54, 1.807) is 12.1 Å². The highest BCUT2D eigenvalue weighted by Crippen LogP contribution is 2.44. The monoisotopic (exact) mass is 444 g/mol. The molecule has 0 heterocycles. The SMILES string of the molecule is CCCC1C=CC(COc2ccc(C3CCC(C4CCC(C)CC4)CC3)c(F)c2F)CC1. The van der Waals surface area contributed by atoms with Gasteiger partial charge in [0, 0.05) is 5.92 Å². The minimum absolute atomic E-state index is 0.0698. The lowest BCUT2D eigenvalue weighted by Crippen LogP contribution is -2.25. The fraction of sp³-hybridized carbons (Fsp3) is 0.724. The zero-order valence-electron chi connectivity index (χ0n) is 20.1. The minimum Gasteiger partial charge on any atom is -0.490 e. The van der Waals surface area contributed by atoms with Crippen molar-refractivity contribution >= 4 is 0 Å². The predicted molar refractivity (Wildman–Crippen MR) is 128 cm³/mol. The van der Waals surface area contributed by atoms with Crippen molar-refractivity contribution in [3.63, 3.8) is 0 Å². The number of allylic oxidation sites excluding steroid dienone is 1. The summed E-state index contributed by atoms with van der Waals surface area (Å²) in [7, 11) is 0. The molecule has 0 amide bonds. The van der Waals surface area contributed by atoms with Gasteiger partial charge < -0.3 is 4.74 Å². The molecule has 32 heavy (non-hydrogen) atoms. The van der Waals surface area contributed by atoms with Crippen molar-refractivity contribution in [1.29, 1.82) is 0 Å². The molecule has 0 bridgehead atoms. The molecule has 0 spiro atoms. The van der Waals surface area contributed by atoms with E-state index in [-0.39, 0.29) is 11.7 Å². The number of hydrogen-bond donors (Lipinski definition) is 0. The van der Waals surface area contributed by atoms with Crippen LogP contribution in [-0.2, 0) is 0 Å². The number of benzene rings is 1. The van der Waals surface area contributed by atoms with E-state index in [9.17, 15) is 8.78 Å². The van der Waals surface area contributed by atoms with Gasteiger partial charge in [0.2, 0.25) is 5.82 Å². The Balaban J connectivity index is 1.30. The third-order valence-corrected chi connectivity index (χ3v) is 8.69. The summed E-state index contributed by atoms with van der Waals surface area (Å²) in [5.41, 5.74) is 0.561. The molecule has 0 aliphatic heterocycles. The highest BCUT2D eigenvalue weighted by molar-refractivity contribution is 5.33. The molecule has 1 aromatic carbocycles. The summed E-state index contributed by atoms with van der Waals surface area (Å²) in [6.07, 6.45) is 18.9. The fourth-order valence-corrected chi connectivity index (χ4v) is 6.51. The van der Waals surface area contributed by atoms with Crippen molar-refractivity contribution < 1.29 is 13.5 Å². The van der Waals surface area contributed by atoms with E-state index >= 15 is 0 Å². The van der Waals surface area contributed by atoms with E-state index < -0.39 is 11.6 Å². The molecule has 4 rings (SSSR count). The highest BCUT2D eigenvalue weighted by Gasteiger charge is 2.32. The molecule has 1 aromatic rings. The van der Waals surface area contributed by atoms with E-state index in [0.717, 1.165) is 56.3 Å². The van der Waals surface area contributed by atoms with Gasteiger partial charge in [-0.2, -0.15) is 4.39 Å². The Morgan fingerprint density at radius 1 is 0.781 bits per heavy atom. The van der Waals surface area contributed by atoms with Gasteiger partial charge in [-0.3, -0.25) is 0 Å². The van der Waals surface area contributed by atoms with E-state index in [1.165, 1.54) is 38.5 Å². The Labute approximate surface area is 194 Å². The van der Waals surface area contributed by atoms with E-state index in [0.29, 0.717) is 24.0 Å². The molecule has 0 radical (unpaired) electrons. The van der Waals surface area contributed by atoms with Crippen LogP contribution in [0.4, 0.5) is 8.78 Å². The quantitative estimate of drug-likeness (QED) is 0.382. The molecule has 3 heteroatoms. The van der Waals surface area contributed by atoms with E-state index in [4.69, 9.17) is 4.74 Å². The largest absolute Gasteiger partial charge is 0.490 e. The highest BCUT2D eigenvalue weighted by atomic mass is 19.2. The van der Waals surface area contributed by atoms with Crippen LogP contribution in [0.15, 0.2) is 24.3 Å². The van der Waals surface area contributed by atoms with Gasteiger partial charge in [-0.1, -0.05) is 51.3 Å². The first-order valence-corrected chi connectivity index (χ1v) is 13.3. The predicted octanol–water partition coefficient (Wildman–Crippen LogP) is 8.83. The summed E-state index contributed by atoms with van der Waals surface area (Å²) < 4.78 is 35.5. The average Bonchev–Trinajstić information content (AvgIpc) is 2.82. The van der Waals surface area contributed by atoms with E-state index in [1.807, 2.05) is 0 Å². The van der Waals surface area contributed by atoms with Crippen LogP contribution in [0.1, 0.15) is 102 Å². The summed E-state index contributed by atoms with van der Waals surface area (Å²) in [4.78, 5) is 0. The lowest BCUT2D eigenvalue weighted by Gasteiger charge is -2.37. The molecule has 0 N–H and O–H groups in total. The second kappa shape index (κ2) is 11.2. The van der Waals surface area contributed by atoms with E-state index in [2.05, 4.69) is 26.0 Å². The molecule has 3 aliphatic rings. The van der Waals surface area contributed by atoms with Crippen molar-refractivity contribution in [2.75, 3.05) is 6.61 Å². The Morgan fingerprint density at radius 2 is 1.41 bits per heavy atom. The first-order valence-electron chi connectivity index (χ1n) is 13.3. The van der Waals surface area contributed by atoms with Crippen LogP contribution in [-0.4, -0.2) is 6.61 Å². The van der Waals surface area contributed by atoms with Crippen molar-refractivity contribution in [2.24, 2.45) is 29.6 Å². The molecular formula is C29H42F2O. The van der Waals surface area contributed by atoms with Crippen LogP contribution in [0.2, 0.25) is 0 Å². The molecule has 0 saturated heterocycles. The van der Waals surface area contributed by atoms with Gasteiger partial charge in [0.15, 0.2) is 11.6 Å². The van der Waals surface area contributed by atoms with Gasteiger partial charge >= 0.3 is 0 Å². The van der Waals surface area contributed by atoms with Gasteiger partial charge in [0.05, 0.1) is 6.61 Å². The topological polar surface area (TPSA) is 9.23 Å². The summed E-state index contributed by atoms with van der Waals surface area (Å²) in [5, 5.41) is 0. The molecule has 2 saturated carbocycles. The lowest BCUT2D eigenvalue weighted by molar-refractivity contribution is 0.164. The Bertz CT molecular complexity index is 757. The molecule has 2 fully saturated rings. The smallest absolute Gasteiger partial charge is 0.200 e. The fourth-order valence-electron chi connectivity index (χ4n) is 6.51. The maximum Gasteiger partial charge on any atom is 0.200 e. The standard InChI is InChI=1S/C29H42F2O/c1-3-4-21-7-9-22(10-8-21)19-32-27-18-17-26(28(30)29(27)31)25-15-13-24(14-16-25)23-11-5-20(2)6-12-23/h7,9,17-18,20-25H,3-6,8,10-16,19H2,1-2H3. The molecule has 1 nitrogen and oxygen atoms in total. The minimum atomic E-state index is -0.797. The first-order chi connectivity index (χ1) is 15.5. The summed E-state index contributed by atoms with van der Waals surface area (Å²) in [5.74, 6) is 2.23. The number of rotatable bonds is 7. The molecule has 2 unspecified atom stereocenters. The maximum absolute atomic E-state index is 15.0. The molecule has 0 aromatic heterocycles. The maximum atomic E-state index is 15.0. The Kier molecular flexibility index (Phi) is 8.29. The second-order valence-corrected chi connectivity index (χ2v) is 11.0. The van der Waals surface area contributed by atoms with Gasteiger partial charge in [-0.15, -0.1) is 0 Å². The van der Waals surface area contributed by atoms with Gasteiger partial charge in [-0.05, 0) is 99.0 Å². The van der Waals surface area contributed by atoms with Gasteiger partial charge in [0.1, 0.15) is 0 Å². The summed E-state index contributed by atoms with van der Waals surface area (Å²) >= 11 is 0. The third-order valence-electron chi connectivity index (χ3n) is 8.69. The summed E-state index contributed by atoms with van der Waals surface area (Å²) in [6, 6.07) is 3.45. The number of hydrogen-bond acceptors (Lipinski definition) is 1. The van der Waals surface area contributed by atoms with Crippen LogP contribution in [0.5, 0.6) is 5.75 Å². The van der Waals surface area contributed by atoms with Crippen molar-refractivity contribution in [1.82, 2.24) is 0 Å². The Hall–Kier alpha value is -1.38. The summed E-state index contributed by atoms with van der Waals surface area (Å²) in [6.45, 7) is 5.01. The second-order valence-electron chi connectivity index (χ2n) is 11.0. The van der Waals surface area contributed by atoms with Crippen LogP contribution < -0.4 is 4.74 Å². The first kappa shape index (κ1) is 23.8. The Morgan fingerprint density at radius 3 is 2.03 bits per heavy atom. The number of ether oxygens (including phenoxy) is 1. The van der Waals surface area contributed by atoms with Gasteiger partial charge in [0.25, 0.3) is 0 Å². The third kappa shape index (κ3) is 5.75. The van der Waals surface area contributed by atoms with Crippen molar-refractivity contribution in [3.8, 4) is 5.75 Å². The van der Waals surface area contributed by atoms with Crippen LogP contribution >= 0.6 is 0 Å². The van der Waals surface area contributed by atoms with Crippen molar-refractivity contribution in [2.45, 2.75) is 96.8 Å².